The first-order valence-corrected chi connectivity index (χ1v) is 26.1. The number of esters is 1. The van der Waals surface area contributed by atoms with Crippen LogP contribution >= 0.6 is 0 Å². The van der Waals surface area contributed by atoms with E-state index in [1.54, 1.807) is 0 Å². The Morgan fingerprint density at radius 1 is 0.458 bits per heavy atom. The highest BCUT2D eigenvalue weighted by molar-refractivity contribution is 5.76. The Balaban J connectivity index is 3.50. The maximum Gasteiger partial charge on any atom is 0.305 e. The molecule has 0 aromatic rings. The molecule has 0 aliphatic carbocycles. The monoisotopic (exact) mass is 832 g/mol. The molecular formula is C53H101NO5. The van der Waals surface area contributed by atoms with Crippen molar-refractivity contribution in [2.45, 2.75) is 289 Å². The van der Waals surface area contributed by atoms with Gasteiger partial charge < -0.3 is 20.3 Å². The van der Waals surface area contributed by atoms with Gasteiger partial charge in [0.1, 0.15) is 0 Å². The molecule has 3 N–H and O–H groups in total. The first kappa shape index (κ1) is 57.3. The molecule has 0 saturated carbocycles. The highest BCUT2D eigenvalue weighted by Crippen LogP contribution is 2.16. The van der Waals surface area contributed by atoms with E-state index in [-0.39, 0.29) is 18.5 Å². The van der Waals surface area contributed by atoms with E-state index in [9.17, 15) is 19.8 Å². The number of ether oxygens (including phenoxy) is 1. The van der Waals surface area contributed by atoms with Crippen LogP contribution in [0, 0.1) is 0 Å². The minimum Gasteiger partial charge on any atom is -0.466 e. The fourth-order valence-corrected chi connectivity index (χ4v) is 7.92. The second-order valence-electron chi connectivity index (χ2n) is 17.8. The van der Waals surface area contributed by atoms with Crippen molar-refractivity contribution in [3.8, 4) is 0 Å². The Morgan fingerprint density at radius 3 is 1.20 bits per heavy atom. The molecule has 0 heterocycles. The van der Waals surface area contributed by atoms with Gasteiger partial charge in [-0.05, 0) is 83.5 Å². The van der Waals surface area contributed by atoms with E-state index < -0.39 is 12.1 Å². The first-order chi connectivity index (χ1) is 29.0. The number of aliphatic hydroxyl groups excluding tert-OH is 2. The van der Waals surface area contributed by atoms with Crippen LogP contribution in [-0.4, -0.2) is 47.4 Å². The van der Waals surface area contributed by atoms with E-state index >= 15 is 0 Å². The van der Waals surface area contributed by atoms with Gasteiger partial charge in [-0.2, -0.15) is 0 Å². The molecule has 0 radical (unpaired) electrons. The van der Waals surface area contributed by atoms with E-state index in [1.165, 1.54) is 167 Å². The average molecular weight is 832 g/mol. The molecule has 348 valence electrons. The maximum absolute atomic E-state index is 12.4. The normalized spacial score (nSPS) is 12.8. The fourth-order valence-electron chi connectivity index (χ4n) is 7.92. The number of nitrogens with one attached hydrogen (secondary N) is 1. The quantitative estimate of drug-likeness (QED) is 0.0322. The zero-order valence-corrected chi connectivity index (χ0v) is 39.5. The number of carbonyl (C=O) groups is 2. The summed E-state index contributed by atoms with van der Waals surface area (Å²) in [7, 11) is 0. The predicted octanol–water partition coefficient (Wildman–Crippen LogP) is 15.5. The predicted molar refractivity (Wildman–Crippen MR) is 255 cm³/mol. The van der Waals surface area contributed by atoms with Crippen LogP contribution in [0.25, 0.3) is 0 Å². The van der Waals surface area contributed by atoms with Gasteiger partial charge in [0.05, 0.1) is 25.4 Å². The van der Waals surface area contributed by atoms with Crippen LogP contribution in [0.5, 0.6) is 0 Å². The van der Waals surface area contributed by atoms with Crippen LogP contribution in [0.4, 0.5) is 0 Å². The Labute approximate surface area is 367 Å². The van der Waals surface area contributed by atoms with Gasteiger partial charge in [0.15, 0.2) is 0 Å². The number of unbranched alkanes of at least 4 members (excludes halogenated alkanes) is 33. The number of rotatable bonds is 48. The molecule has 0 bridgehead atoms. The van der Waals surface area contributed by atoms with Gasteiger partial charge in [-0.1, -0.05) is 205 Å². The first-order valence-electron chi connectivity index (χ1n) is 26.1. The summed E-state index contributed by atoms with van der Waals surface area (Å²) in [6.45, 7) is 4.89. The van der Waals surface area contributed by atoms with Crippen LogP contribution in [0.3, 0.4) is 0 Å². The largest absolute Gasteiger partial charge is 0.466 e. The minimum atomic E-state index is -0.680. The molecule has 1 amide bonds. The molecule has 0 spiro atoms. The fraction of sp³-hybridized carbons (Fsp3) is 0.887. The molecule has 6 heteroatoms. The molecular weight excluding hydrogens is 731 g/mol. The molecule has 2 unspecified atom stereocenters. The Morgan fingerprint density at radius 2 is 0.797 bits per heavy atom. The van der Waals surface area contributed by atoms with E-state index in [4.69, 9.17) is 4.74 Å². The number of amides is 1. The molecule has 0 aromatic carbocycles. The topological polar surface area (TPSA) is 95.9 Å². The highest BCUT2D eigenvalue weighted by Gasteiger charge is 2.20. The zero-order valence-electron chi connectivity index (χ0n) is 39.5. The summed E-state index contributed by atoms with van der Waals surface area (Å²) in [5.74, 6) is -0.0913. The minimum absolute atomic E-state index is 0.0302. The Kier molecular flexibility index (Phi) is 47.6. The van der Waals surface area contributed by atoms with Crippen molar-refractivity contribution in [1.29, 1.82) is 0 Å². The summed E-state index contributed by atoms with van der Waals surface area (Å²) in [4.78, 5) is 24.5. The van der Waals surface area contributed by atoms with Crippen molar-refractivity contribution in [2.24, 2.45) is 0 Å². The molecule has 59 heavy (non-hydrogen) atoms. The summed E-state index contributed by atoms with van der Waals surface area (Å²) < 4.78 is 5.44. The van der Waals surface area contributed by atoms with E-state index in [0.717, 1.165) is 77.0 Å². The van der Waals surface area contributed by atoms with Crippen molar-refractivity contribution in [1.82, 2.24) is 5.32 Å². The van der Waals surface area contributed by atoms with Crippen LogP contribution in [0.2, 0.25) is 0 Å². The van der Waals surface area contributed by atoms with Crippen molar-refractivity contribution in [3.05, 3.63) is 24.3 Å². The summed E-state index contributed by atoms with van der Waals surface area (Å²) in [6.07, 6.45) is 57.2. The molecule has 6 nitrogen and oxygen atoms in total. The van der Waals surface area contributed by atoms with Gasteiger partial charge in [0, 0.05) is 12.8 Å². The van der Waals surface area contributed by atoms with Crippen molar-refractivity contribution < 1.29 is 24.5 Å². The molecule has 2 atom stereocenters. The number of hydrogen-bond acceptors (Lipinski definition) is 5. The van der Waals surface area contributed by atoms with Gasteiger partial charge in [-0.25, -0.2) is 0 Å². The zero-order chi connectivity index (χ0) is 43.0. The van der Waals surface area contributed by atoms with Crippen LogP contribution in [0.15, 0.2) is 24.3 Å². The summed E-state index contributed by atoms with van der Waals surface area (Å²) in [5, 5.41) is 23.2. The van der Waals surface area contributed by atoms with Crippen molar-refractivity contribution in [2.75, 3.05) is 13.2 Å². The Hall–Kier alpha value is -1.66. The summed E-state index contributed by atoms with van der Waals surface area (Å²) in [6, 6.07) is -0.560. The molecule has 0 saturated heterocycles. The lowest BCUT2D eigenvalue weighted by Gasteiger charge is -2.22. The average Bonchev–Trinajstić information content (AvgIpc) is 3.24. The lowest BCUT2D eigenvalue weighted by Crippen LogP contribution is -2.45. The van der Waals surface area contributed by atoms with Gasteiger partial charge in [0.2, 0.25) is 5.91 Å². The third-order valence-corrected chi connectivity index (χ3v) is 12.0. The van der Waals surface area contributed by atoms with E-state index in [2.05, 4.69) is 43.5 Å². The van der Waals surface area contributed by atoms with Crippen molar-refractivity contribution >= 4 is 11.9 Å². The third kappa shape index (κ3) is 45.7. The summed E-state index contributed by atoms with van der Waals surface area (Å²) >= 11 is 0. The second-order valence-corrected chi connectivity index (χ2v) is 17.8. The highest BCUT2D eigenvalue weighted by atomic mass is 16.5. The van der Waals surface area contributed by atoms with E-state index in [1.807, 2.05) is 0 Å². The van der Waals surface area contributed by atoms with Gasteiger partial charge in [-0.15, -0.1) is 0 Å². The molecule has 0 aliphatic heterocycles. The van der Waals surface area contributed by atoms with Gasteiger partial charge in [-0.3, -0.25) is 9.59 Å². The lowest BCUT2D eigenvalue weighted by atomic mass is 10.0. The second kappa shape index (κ2) is 49.0. The van der Waals surface area contributed by atoms with Gasteiger partial charge in [0.25, 0.3) is 0 Å². The van der Waals surface area contributed by atoms with Crippen LogP contribution in [0.1, 0.15) is 277 Å². The molecule has 0 fully saturated rings. The van der Waals surface area contributed by atoms with Gasteiger partial charge >= 0.3 is 5.97 Å². The molecule has 0 aromatic heterocycles. The summed E-state index contributed by atoms with van der Waals surface area (Å²) in [5.41, 5.74) is 0. The standard InChI is InChI=1S/C53H101NO5/c1-3-5-7-9-11-13-15-17-19-20-22-27-31-35-39-43-47-53(58)59-48-44-40-36-32-28-24-23-26-30-34-38-42-46-52(57)54-50(49-55)51(56)45-41-37-33-29-25-21-18-16-14-12-10-8-6-4-2/h19-20,24,28,50-51,55-56H,3-18,21-23,25-27,29-49H2,1-2H3,(H,54,57)/b20-19-,28-24-. The molecule has 0 rings (SSSR count). The van der Waals surface area contributed by atoms with Crippen LogP contribution in [-0.2, 0) is 14.3 Å². The maximum atomic E-state index is 12.4. The SMILES string of the molecule is CCCCCCCCC/C=C\CCCCCCCC(=O)OCCCCC/C=C\CCCCCCCC(=O)NC(CO)C(O)CCCCCCCCCCCCCCCC. The Bertz CT molecular complexity index is 920. The number of carbonyl (C=O) groups excluding carboxylic acids is 2. The number of aliphatic hydroxyl groups is 2. The smallest absolute Gasteiger partial charge is 0.305 e. The van der Waals surface area contributed by atoms with Crippen molar-refractivity contribution in [3.63, 3.8) is 0 Å². The lowest BCUT2D eigenvalue weighted by molar-refractivity contribution is -0.143. The van der Waals surface area contributed by atoms with Crippen LogP contribution < -0.4 is 5.32 Å². The van der Waals surface area contributed by atoms with E-state index in [0.29, 0.717) is 25.9 Å². The number of allylic oxidation sites excluding steroid dienone is 4. The third-order valence-electron chi connectivity index (χ3n) is 12.0. The number of hydrogen-bond donors (Lipinski definition) is 3. The molecule has 0 aliphatic rings.